The number of rotatable bonds is 11. The third kappa shape index (κ3) is 11.8. The lowest BCUT2D eigenvalue weighted by Crippen LogP contribution is -2.39. The van der Waals surface area contributed by atoms with Gasteiger partial charge in [-0.25, -0.2) is 4.99 Å². The first-order chi connectivity index (χ1) is 12.6. The zero-order valence-corrected chi connectivity index (χ0v) is 19.2. The van der Waals surface area contributed by atoms with Crippen molar-refractivity contribution in [2.45, 2.75) is 20.4 Å². The van der Waals surface area contributed by atoms with Crippen molar-refractivity contribution in [2.24, 2.45) is 4.99 Å². The highest BCUT2D eigenvalue weighted by molar-refractivity contribution is 14.0. The summed E-state index contributed by atoms with van der Waals surface area (Å²) in [5.74, 6) is 0.687. The van der Waals surface area contributed by atoms with Crippen LogP contribution in [0.2, 0.25) is 0 Å². The summed E-state index contributed by atoms with van der Waals surface area (Å²) in [4.78, 5) is 18.8. The number of hydrogen-bond acceptors (Lipinski definition) is 4. The molecule has 0 atom stereocenters. The molecule has 8 heteroatoms. The van der Waals surface area contributed by atoms with E-state index in [4.69, 9.17) is 4.74 Å². The van der Waals surface area contributed by atoms with Gasteiger partial charge in [0.25, 0.3) is 5.91 Å². The van der Waals surface area contributed by atoms with Crippen LogP contribution in [0, 0.1) is 0 Å². The first-order valence-corrected chi connectivity index (χ1v) is 9.18. The minimum Gasteiger partial charge on any atom is -0.380 e. The number of carbonyl (C=O) groups excluding carboxylic acids is 1. The SMILES string of the molecule is CCNC(=NCc1cccc(C(=O)NCCN(C)C)c1)NCCOCC.I. The number of halogens is 1. The molecule has 0 aliphatic heterocycles. The monoisotopic (exact) mass is 491 g/mol. The van der Waals surface area contributed by atoms with Crippen LogP contribution in [0.1, 0.15) is 29.8 Å². The maximum Gasteiger partial charge on any atom is 0.251 e. The number of hydrogen-bond donors (Lipinski definition) is 3. The minimum absolute atomic E-state index is 0. The number of likely N-dealkylation sites (N-methyl/N-ethyl adjacent to an activating group) is 1. The molecule has 0 aliphatic rings. The van der Waals surface area contributed by atoms with E-state index in [0.717, 1.165) is 24.6 Å². The van der Waals surface area contributed by atoms with E-state index in [2.05, 4.69) is 20.9 Å². The van der Waals surface area contributed by atoms with E-state index in [1.54, 1.807) is 0 Å². The molecule has 0 aliphatic carbocycles. The van der Waals surface area contributed by atoms with E-state index in [0.29, 0.717) is 38.4 Å². The fourth-order valence-corrected chi connectivity index (χ4v) is 2.20. The summed E-state index contributed by atoms with van der Waals surface area (Å²) < 4.78 is 5.32. The van der Waals surface area contributed by atoms with Crippen molar-refractivity contribution in [3.8, 4) is 0 Å². The number of benzene rings is 1. The summed E-state index contributed by atoms with van der Waals surface area (Å²) in [6.07, 6.45) is 0. The average Bonchev–Trinajstić information content (AvgIpc) is 2.63. The Balaban J connectivity index is 0.00000676. The van der Waals surface area contributed by atoms with Crippen molar-refractivity contribution < 1.29 is 9.53 Å². The molecule has 0 unspecified atom stereocenters. The second kappa shape index (κ2) is 15.6. The number of carbonyl (C=O) groups is 1. The summed E-state index contributed by atoms with van der Waals surface area (Å²) in [5, 5.41) is 9.36. The number of nitrogens with zero attached hydrogens (tertiary/aromatic N) is 2. The van der Waals surface area contributed by atoms with E-state index in [9.17, 15) is 4.79 Å². The molecule has 1 aromatic rings. The van der Waals surface area contributed by atoms with Crippen LogP contribution in [0.15, 0.2) is 29.3 Å². The maximum atomic E-state index is 12.2. The fraction of sp³-hybridized carbons (Fsp3) is 0.579. The van der Waals surface area contributed by atoms with Gasteiger partial charge in [0.05, 0.1) is 13.2 Å². The Kier molecular flexibility index (Phi) is 14.8. The maximum absolute atomic E-state index is 12.2. The van der Waals surface area contributed by atoms with Crippen molar-refractivity contribution in [1.82, 2.24) is 20.9 Å². The predicted octanol–water partition coefficient (Wildman–Crippen LogP) is 1.69. The van der Waals surface area contributed by atoms with Gasteiger partial charge in [0.1, 0.15) is 0 Å². The van der Waals surface area contributed by atoms with Crippen LogP contribution in [-0.4, -0.2) is 70.3 Å². The van der Waals surface area contributed by atoms with Crippen LogP contribution in [-0.2, 0) is 11.3 Å². The van der Waals surface area contributed by atoms with Gasteiger partial charge < -0.3 is 25.6 Å². The van der Waals surface area contributed by atoms with Crippen LogP contribution < -0.4 is 16.0 Å². The smallest absolute Gasteiger partial charge is 0.251 e. The molecule has 0 radical (unpaired) electrons. The lowest BCUT2D eigenvalue weighted by atomic mass is 10.1. The quantitative estimate of drug-likeness (QED) is 0.190. The Morgan fingerprint density at radius 1 is 1.15 bits per heavy atom. The lowest BCUT2D eigenvalue weighted by molar-refractivity contribution is 0.0951. The van der Waals surface area contributed by atoms with E-state index < -0.39 is 0 Å². The molecule has 0 fully saturated rings. The third-order valence-corrected chi connectivity index (χ3v) is 3.54. The summed E-state index contributed by atoms with van der Waals surface area (Å²) in [6, 6.07) is 7.58. The molecule has 0 spiro atoms. The second-order valence-electron chi connectivity index (χ2n) is 6.08. The standard InChI is InChI=1S/C19H33N5O2.HI/c1-5-20-19(22-11-13-26-6-2)23-15-16-8-7-9-17(14-16)18(25)21-10-12-24(3)4;/h7-9,14H,5-6,10-13,15H2,1-4H3,(H,21,25)(H2,20,22,23);1H. The highest BCUT2D eigenvalue weighted by Gasteiger charge is 2.06. The molecule has 1 amide bonds. The Morgan fingerprint density at radius 2 is 1.93 bits per heavy atom. The second-order valence-corrected chi connectivity index (χ2v) is 6.08. The Bertz CT molecular complexity index is 567. The average molecular weight is 491 g/mol. The van der Waals surface area contributed by atoms with E-state index in [-0.39, 0.29) is 29.9 Å². The first kappa shape index (κ1) is 25.6. The Labute approximate surface area is 180 Å². The van der Waals surface area contributed by atoms with Crippen molar-refractivity contribution >= 4 is 35.8 Å². The lowest BCUT2D eigenvalue weighted by Gasteiger charge is -2.12. The molecule has 154 valence electrons. The molecule has 27 heavy (non-hydrogen) atoms. The molecule has 0 aromatic heterocycles. The molecule has 0 saturated carbocycles. The highest BCUT2D eigenvalue weighted by Crippen LogP contribution is 2.06. The van der Waals surface area contributed by atoms with Gasteiger partial charge in [-0.15, -0.1) is 24.0 Å². The number of guanidine groups is 1. The van der Waals surface area contributed by atoms with E-state index in [1.807, 2.05) is 57.1 Å². The van der Waals surface area contributed by atoms with Gasteiger partial charge in [0.2, 0.25) is 0 Å². The topological polar surface area (TPSA) is 78.0 Å². The zero-order chi connectivity index (χ0) is 19.2. The normalized spacial score (nSPS) is 11.1. The van der Waals surface area contributed by atoms with Crippen LogP contribution in [0.3, 0.4) is 0 Å². The molecule has 0 heterocycles. The predicted molar refractivity (Wildman–Crippen MR) is 122 cm³/mol. The van der Waals surface area contributed by atoms with E-state index in [1.165, 1.54) is 0 Å². The Hall–Kier alpha value is -1.39. The van der Waals surface area contributed by atoms with Gasteiger partial charge in [-0.3, -0.25) is 4.79 Å². The van der Waals surface area contributed by atoms with Gasteiger partial charge in [0, 0.05) is 38.3 Å². The van der Waals surface area contributed by atoms with Crippen molar-refractivity contribution in [3.05, 3.63) is 35.4 Å². The van der Waals surface area contributed by atoms with Crippen molar-refractivity contribution in [3.63, 3.8) is 0 Å². The van der Waals surface area contributed by atoms with Crippen LogP contribution in [0.25, 0.3) is 0 Å². The number of ether oxygens (including phenoxy) is 1. The molecule has 7 nitrogen and oxygen atoms in total. The van der Waals surface area contributed by atoms with Gasteiger partial charge in [0.15, 0.2) is 5.96 Å². The Morgan fingerprint density at radius 3 is 2.59 bits per heavy atom. The van der Waals surface area contributed by atoms with Crippen molar-refractivity contribution in [1.29, 1.82) is 0 Å². The van der Waals surface area contributed by atoms with Crippen LogP contribution >= 0.6 is 24.0 Å². The van der Waals surface area contributed by atoms with Gasteiger partial charge in [-0.05, 0) is 45.6 Å². The largest absolute Gasteiger partial charge is 0.380 e. The third-order valence-electron chi connectivity index (χ3n) is 3.54. The van der Waals surface area contributed by atoms with Crippen LogP contribution in [0.4, 0.5) is 0 Å². The summed E-state index contributed by atoms with van der Waals surface area (Å²) >= 11 is 0. The summed E-state index contributed by atoms with van der Waals surface area (Å²) in [6.45, 7) is 8.78. The van der Waals surface area contributed by atoms with Gasteiger partial charge in [-0.1, -0.05) is 12.1 Å². The molecule has 1 aromatic carbocycles. The number of nitrogens with one attached hydrogen (secondary N) is 3. The minimum atomic E-state index is -0.0561. The molecular weight excluding hydrogens is 457 g/mol. The van der Waals surface area contributed by atoms with E-state index >= 15 is 0 Å². The molecule has 0 saturated heterocycles. The number of amides is 1. The van der Waals surface area contributed by atoms with Gasteiger partial charge >= 0.3 is 0 Å². The fourth-order valence-electron chi connectivity index (χ4n) is 2.20. The summed E-state index contributed by atoms with van der Waals surface area (Å²) in [7, 11) is 3.96. The molecule has 0 bridgehead atoms. The van der Waals surface area contributed by atoms with Gasteiger partial charge in [-0.2, -0.15) is 0 Å². The molecular formula is C19H34IN5O2. The first-order valence-electron chi connectivity index (χ1n) is 9.18. The zero-order valence-electron chi connectivity index (χ0n) is 16.9. The molecule has 3 N–H and O–H groups in total. The highest BCUT2D eigenvalue weighted by atomic mass is 127. The van der Waals surface area contributed by atoms with Crippen molar-refractivity contribution in [2.75, 3.05) is 53.5 Å². The van der Waals surface area contributed by atoms with Crippen LogP contribution in [0.5, 0.6) is 0 Å². The number of aliphatic imine (C=N–C) groups is 1. The summed E-state index contributed by atoms with van der Waals surface area (Å²) in [5.41, 5.74) is 1.65. The molecule has 1 rings (SSSR count).